The SMILES string of the molecule is CCCCOC(=O)c1ccccc1-c1c2ccc(=N)cc-2oc2cc(N)ccc12. The third-order valence-corrected chi connectivity index (χ3v) is 4.89. The van der Waals surface area contributed by atoms with Crippen molar-refractivity contribution in [1.29, 1.82) is 5.41 Å². The van der Waals surface area contributed by atoms with Gasteiger partial charge < -0.3 is 20.3 Å². The molecule has 1 aliphatic heterocycles. The molecule has 2 aromatic carbocycles. The Hall–Kier alpha value is -3.60. The van der Waals surface area contributed by atoms with Crippen LogP contribution < -0.4 is 11.1 Å². The number of anilines is 1. The summed E-state index contributed by atoms with van der Waals surface area (Å²) in [5.41, 5.74) is 10.1. The van der Waals surface area contributed by atoms with E-state index in [0.717, 1.165) is 34.9 Å². The summed E-state index contributed by atoms with van der Waals surface area (Å²) in [6.45, 7) is 2.45. The number of carbonyl (C=O) groups is 1. The Labute approximate surface area is 168 Å². The number of esters is 1. The number of carbonyl (C=O) groups excluding carboxylic acids is 1. The summed E-state index contributed by atoms with van der Waals surface area (Å²) in [5, 5.41) is 9.14. The van der Waals surface area contributed by atoms with Crippen LogP contribution in [0.1, 0.15) is 30.1 Å². The molecule has 29 heavy (non-hydrogen) atoms. The van der Waals surface area contributed by atoms with E-state index in [1.165, 1.54) is 0 Å². The number of rotatable bonds is 5. The lowest BCUT2D eigenvalue weighted by Gasteiger charge is -2.17. The Morgan fingerprint density at radius 1 is 1.07 bits per heavy atom. The van der Waals surface area contributed by atoms with Crippen LogP contribution in [0.25, 0.3) is 33.4 Å². The van der Waals surface area contributed by atoms with Gasteiger partial charge in [-0.3, -0.25) is 0 Å². The standard InChI is InChI=1S/C24H22N2O3/c1-2-3-12-28-24(27)18-7-5-4-6-17(18)23-19-10-8-15(25)13-21(19)29-22-14-16(26)9-11-20(22)23/h4-11,13-14,25H,2-3,12,26H2,1H3. The minimum Gasteiger partial charge on any atom is -0.462 e. The highest BCUT2D eigenvalue weighted by atomic mass is 16.5. The largest absolute Gasteiger partial charge is 0.462 e. The summed E-state index contributed by atoms with van der Waals surface area (Å²) in [7, 11) is 0. The van der Waals surface area contributed by atoms with Crippen LogP contribution in [0.2, 0.25) is 0 Å². The molecule has 0 aromatic heterocycles. The monoisotopic (exact) mass is 386 g/mol. The van der Waals surface area contributed by atoms with Gasteiger partial charge >= 0.3 is 5.97 Å². The van der Waals surface area contributed by atoms with Crippen molar-refractivity contribution in [3.05, 3.63) is 71.6 Å². The third-order valence-electron chi connectivity index (χ3n) is 4.89. The average molecular weight is 386 g/mol. The molecule has 1 heterocycles. The molecule has 4 rings (SSSR count). The summed E-state index contributed by atoms with van der Waals surface area (Å²) in [6, 6.07) is 18.1. The van der Waals surface area contributed by atoms with Gasteiger partial charge in [-0.2, -0.15) is 0 Å². The summed E-state index contributed by atoms with van der Waals surface area (Å²) >= 11 is 0. The molecule has 0 fully saturated rings. The molecule has 2 aromatic rings. The van der Waals surface area contributed by atoms with Crippen LogP contribution >= 0.6 is 0 Å². The van der Waals surface area contributed by atoms with Crippen LogP contribution in [-0.4, -0.2) is 12.6 Å². The molecule has 0 spiro atoms. The quantitative estimate of drug-likeness (QED) is 0.213. The van der Waals surface area contributed by atoms with Crippen molar-refractivity contribution < 1.29 is 13.9 Å². The van der Waals surface area contributed by atoms with Gasteiger partial charge in [0, 0.05) is 34.3 Å². The summed E-state index contributed by atoms with van der Waals surface area (Å²) < 4.78 is 11.5. The van der Waals surface area contributed by atoms with Gasteiger partial charge in [0.15, 0.2) is 0 Å². The van der Waals surface area contributed by atoms with Gasteiger partial charge in [-0.05, 0) is 42.3 Å². The normalized spacial score (nSPS) is 11.1. The zero-order chi connectivity index (χ0) is 20.4. The van der Waals surface area contributed by atoms with Crippen LogP contribution in [0.3, 0.4) is 0 Å². The predicted octanol–water partition coefficient (Wildman–Crippen LogP) is 5.22. The first-order valence-electron chi connectivity index (χ1n) is 9.65. The fourth-order valence-electron chi connectivity index (χ4n) is 3.46. The van der Waals surface area contributed by atoms with E-state index in [1.54, 1.807) is 24.3 Å². The highest BCUT2D eigenvalue weighted by molar-refractivity contribution is 6.08. The average Bonchev–Trinajstić information content (AvgIpc) is 2.72. The van der Waals surface area contributed by atoms with Gasteiger partial charge in [-0.1, -0.05) is 31.5 Å². The van der Waals surface area contributed by atoms with E-state index in [0.29, 0.717) is 34.6 Å². The number of nitrogen functional groups attached to an aromatic ring is 1. The van der Waals surface area contributed by atoms with Crippen molar-refractivity contribution in [2.24, 2.45) is 0 Å². The Morgan fingerprint density at radius 3 is 2.72 bits per heavy atom. The number of hydrogen-bond acceptors (Lipinski definition) is 5. The Bertz CT molecular complexity index is 1230. The first kappa shape index (κ1) is 18.7. The molecule has 1 aliphatic carbocycles. The van der Waals surface area contributed by atoms with Crippen molar-refractivity contribution in [2.75, 3.05) is 12.3 Å². The van der Waals surface area contributed by atoms with Gasteiger partial charge in [0.2, 0.25) is 0 Å². The van der Waals surface area contributed by atoms with Crippen molar-refractivity contribution >= 4 is 22.6 Å². The molecule has 0 radical (unpaired) electrons. The molecule has 5 heteroatoms. The molecule has 3 N–H and O–H groups in total. The molecule has 146 valence electrons. The second kappa shape index (κ2) is 7.80. The highest BCUT2D eigenvalue weighted by Crippen LogP contribution is 2.41. The third kappa shape index (κ3) is 3.59. The first-order chi connectivity index (χ1) is 14.1. The number of benzene rings is 3. The van der Waals surface area contributed by atoms with Crippen molar-refractivity contribution in [1.82, 2.24) is 0 Å². The molecular formula is C24H22N2O3. The zero-order valence-corrected chi connectivity index (χ0v) is 16.2. The van der Waals surface area contributed by atoms with Crippen molar-refractivity contribution in [2.45, 2.75) is 19.8 Å². The van der Waals surface area contributed by atoms with Crippen molar-refractivity contribution in [3.8, 4) is 22.5 Å². The molecule has 0 unspecified atom stereocenters. The number of ether oxygens (including phenoxy) is 1. The number of nitrogens with two attached hydrogens (primary N) is 1. The molecule has 0 saturated heterocycles. The van der Waals surface area contributed by atoms with Crippen LogP contribution in [0.5, 0.6) is 0 Å². The Balaban J connectivity index is 1.99. The minimum absolute atomic E-state index is 0.344. The lowest BCUT2D eigenvalue weighted by Crippen LogP contribution is -2.08. The highest BCUT2D eigenvalue weighted by Gasteiger charge is 2.21. The summed E-state index contributed by atoms with van der Waals surface area (Å²) in [6.07, 6.45) is 1.79. The maximum atomic E-state index is 12.8. The summed E-state index contributed by atoms with van der Waals surface area (Å²) in [5.74, 6) is 0.225. The maximum Gasteiger partial charge on any atom is 0.338 e. The molecule has 2 aliphatic rings. The van der Waals surface area contributed by atoms with E-state index in [9.17, 15) is 4.79 Å². The van der Waals surface area contributed by atoms with Crippen molar-refractivity contribution in [3.63, 3.8) is 0 Å². The summed E-state index contributed by atoms with van der Waals surface area (Å²) in [4.78, 5) is 12.8. The van der Waals surface area contributed by atoms with E-state index in [1.807, 2.05) is 36.4 Å². The Morgan fingerprint density at radius 2 is 1.90 bits per heavy atom. The van der Waals surface area contributed by atoms with Gasteiger partial charge in [-0.15, -0.1) is 0 Å². The topological polar surface area (TPSA) is 89.3 Å². The van der Waals surface area contributed by atoms with Gasteiger partial charge in [0.1, 0.15) is 11.3 Å². The van der Waals surface area contributed by atoms with E-state index >= 15 is 0 Å². The van der Waals surface area contributed by atoms with Crippen LogP contribution in [0.4, 0.5) is 5.69 Å². The molecule has 0 bridgehead atoms. The maximum absolute atomic E-state index is 12.8. The number of fused-ring (bicyclic) bond motifs is 2. The van der Waals surface area contributed by atoms with Crippen LogP contribution in [0.15, 0.2) is 65.1 Å². The lowest BCUT2D eigenvalue weighted by atomic mass is 9.90. The zero-order valence-electron chi connectivity index (χ0n) is 16.2. The molecule has 5 nitrogen and oxygen atoms in total. The number of nitrogens with one attached hydrogen (secondary N) is 1. The fraction of sp³-hybridized carbons (Fsp3) is 0.167. The van der Waals surface area contributed by atoms with Gasteiger partial charge in [0.25, 0.3) is 0 Å². The van der Waals surface area contributed by atoms with E-state index in [2.05, 4.69) is 6.92 Å². The second-order valence-corrected chi connectivity index (χ2v) is 6.98. The predicted molar refractivity (Wildman–Crippen MR) is 114 cm³/mol. The molecule has 0 atom stereocenters. The minimum atomic E-state index is -0.344. The molecule has 0 amide bonds. The molecular weight excluding hydrogens is 364 g/mol. The van der Waals surface area contributed by atoms with Crippen LogP contribution in [-0.2, 0) is 4.74 Å². The smallest absolute Gasteiger partial charge is 0.338 e. The van der Waals surface area contributed by atoms with E-state index < -0.39 is 0 Å². The Kier molecular flexibility index (Phi) is 5.04. The van der Waals surface area contributed by atoms with Crippen LogP contribution in [0, 0.1) is 5.41 Å². The number of unbranched alkanes of at least 4 members (excludes halogenated alkanes) is 1. The first-order valence-corrected chi connectivity index (χ1v) is 9.65. The van der Waals surface area contributed by atoms with Gasteiger partial charge in [0.05, 0.1) is 17.5 Å². The number of hydrogen-bond donors (Lipinski definition) is 2. The van der Waals surface area contributed by atoms with E-state index in [-0.39, 0.29) is 5.97 Å². The van der Waals surface area contributed by atoms with E-state index in [4.69, 9.17) is 20.3 Å². The second-order valence-electron chi connectivity index (χ2n) is 6.98. The van der Waals surface area contributed by atoms with Gasteiger partial charge in [-0.25, -0.2) is 4.79 Å². The lowest BCUT2D eigenvalue weighted by molar-refractivity contribution is 0.0500. The fourth-order valence-corrected chi connectivity index (χ4v) is 3.46. The molecule has 0 saturated carbocycles.